The summed E-state index contributed by atoms with van der Waals surface area (Å²) in [5, 5.41) is 0. The van der Waals surface area contributed by atoms with Crippen LogP contribution in [0.2, 0.25) is 0 Å². The summed E-state index contributed by atoms with van der Waals surface area (Å²) < 4.78 is 0. The molecular formula is C15H22N2O. The SMILES string of the molecule is CCCCN(C(=O)c1ccc(N)cc1C)C1CC1. The molecule has 18 heavy (non-hydrogen) atoms. The molecular weight excluding hydrogens is 224 g/mol. The molecule has 2 N–H and O–H groups in total. The summed E-state index contributed by atoms with van der Waals surface area (Å²) in [6.45, 7) is 4.99. The molecule has 0 aliphatic heterocycles. The minimum absolute atomic E-state index is 0.170. The minimum Gasteiger partial charge on any atom is -0.399 e. The number of nitrogens with zero attached hydrogens (tertiary/aromatic N) is 1. The van der Waals surface area contributed by atoms with Gasteiger partial charge in [-0.05, 0) is 49.9 Å². The zero-order valence-corrected chi connectivity index (χ0v) is 11.3. The first-order valence-electron chi connectivity index (χ1n) is 6.80. The van der Waals surface area contributed by atoms with E-state index < -0.39 is 0 Å². The zero-order valence-electron chi connectivity index (χ0n) is 11.3. The van der Waals surface area contributed by atoms with Gasteiger partial charge in [-0.3, -0.25) is 4.79 Å². The fraction of sp³-hybridized carbons (Fsp3) is 0.533. The standard InChI is InChI=1S/C15H22N2O/c1-3-4-9-17(13-6-7-13)15(18)14-8-5-12(16)10-11(14)2/h5,8,10,13H,3-4,6-7,9,16H2,1-2H3. The lowest BCUT2D eigenvalue weighted by molar-refractivity contribution is 0.0740. The number of nitrogen functional groups attached to an aromatic ring is 1. The highest BCUT2D eigenvalue weighted by atomic mass is 16.2. The summed E-state index contributed by atoms with van der Waals surface area (Å²) in [6, 6.07) is 6.01. The van der Waals surface area contributed by atoms with Crippen LogP contribution in [0.5, 0.6) is 0 Å². The summed E-state index contributed by atoms with van der Waals surface area (Å²) in [5.74, 6) is 0.170. The van der Waals surface area contributed by atoms with Crippen molar-refractivity contribution >= 4 is 11.6 Å². The second kappa shape index (κ2) is 5.42. The molecule has 1 aromatic rings. The van der Waals surface area contributed by atoms with Crippen molar-refractivity contribution in [1.29, 1.82) is 0 Å². The predicted molar refractivity (Wildman–Crippen MR) is 74.6 cm³/mol. The smallest absolute Gasteiger partial charge is 0.254 e. The number of anilines is 1. The van der Waals surface area contributed by atoms with Crippen molar-refractivity contribution in [3.63, 3.8) is 0 Å². The van der Waals surface area contributed by atoms with E-state index in [0.29, 0.717) is 6.04 Å². The van der Waals surface area contributed by atoms with E-state index >= 15 is 0 Å². The Kier molecular flexibility index (Phi) is 3.90. The largest absolute Gasteiger partial charge is 0.399 e. The lowest BCUT2D eigenvalue weighted by Gasteiger charge is -2.23. The second-order valence-electron chi connectivity index (χ2n) is 5.16. The summed E-state index contributed by atoms with van der Waals surface area (Å²) in [5.41, 5.74) is 8.22. The topological polar surface area (TPSA) is 46.3 Å². The van der Waals surface area contributed by atoms with Crippen LogP contribution in [0.25, 0.3) is 0 Å². The molecule has 1 aliphatic carbocycles. The van der Waals surface area contributed by atoms with Crippen LogP contribution in [0.3, 0.4) is 0 Å². The number of carbonyl (C=O) groups excluding carboxylic acids is 1. The Hall–Kier alpha value is -1.51. The number of benzene rings is 1. The predicted octanol–water partition coefficient (Wildman–Crippen LogP) is 2.98. The fourth-order valence-electron chi connectivity index (χ4n) is 2.25. The van der Waals surface area contributed by atoms with E-state index in [-0.39, 0.29) is 5.91 Å². The van der Waals surface area contributed by atoms with Crippen LogP contribution >= 0.6 is 0 Å². The molecule has 3 nitrogen and oxygen atoms in total. The number of hydrogen-bond acceptors (Lipinski definition) is 2. The first-order valence-corrected chi connectivity index (χ1v) is 6.80. The van der Waals surface area contributed by atoms with Crippen LogP contribution in [0.15, 0.2) is 18.2 Å². The second-order valence-corrected chi connectivity index (χ2v) is 5.16. The fourth-order valence-corrected chi connectivity index (χ4v) is 2.25. The summed E-state index contributed by atoms with van der Waals surface area (Å²) in [4.78, 5) is 14.6. The van der Waals surface area contributed by atoms with Gasteiger partial charge in [0, 0.05) is 23.8 Å². The first-order chi connectivity index (χ1) is 8.63. The summed E-state index contributed by atoms with van der Waals surface area (Å²) >= 11 is 0. The maximum absolute atomic E-state index is 12.5. The monoisotopic (exact) mass is 246 g/mol. The quantitative estimate of drug-likeness (QED) is 0.812. The normalized spacial score (nSPS) is 14.6. The van der Waals surface area contributed by atoms with Crippen molar-refractivity contribution in [1.82, 2.24) is 4.90 Å². The van der Waals surface area contributed by atoms with Gasteiger partial charge in [0.1, 0.15) is 0 Å². The van der Waals surface area contributed by atoms with Crippen LogP contribution in [0, 0.1) is 6.92 Å². The Bertz CT molecular complexity index is 438. The number of aryl methyl sites for hydroxylation is 1. The van der Waals surface area contributed by atoms with Crippen LogP contribution < -0.4 is 5.73 Å². The maximum Gasteiger partial charge on any atom is 0.254 e. The van der Waals surface area contributed by atoms with Crippen molar-refractivity contribution < 1.29 is 4.79 Å². The molecule has 0 aromatic heterocycles. The summed E-state index contributed by atoms with van der Waals surface area (Å²) in [7, 11) is 0. The van der Waals surface area contributed by atoms with Crippen LogP contribution in [-0.4, -0.2) is 23.4 Å². The maximum atomic E-state index is 12.5. The molecule has 1 aliphatic rings. The van der Waals surface area contributed by atoms with Crippen molar-refractivity contribution in [3.8, 4) is 0 Å². The van der Waals surface area contributed by atoms with Crippen molar-refractivity contribution in [2.24, 2.45) is 0 Å². The molecule has 1 saturated carbocycles. The van der Waals surface area contributed by atoms with Gasteiger partial charge in [0.05, 0.1) is 0 Å². The minimum atomic E-state index is 0.170. The van der Waals surface area contributed by atoms with Crippen LogP contribution in [0.4, 0.5) is 5.69 Å². The van der Waals surface area contributed by atoms with E-state index in [9.17, 15) is 4.79 Å². The zero-order chi connectivity index (χ0) is 13.1. The van der Waals surface area contributed by atoms with Crippen LogP contribution in [0.1, 0.15) is 48.5 Å². The van der Waals surface area contributed by atoms with Gasteiger partial charge >= 0.3 is 0 Å². The molecule has 2 rings (SSSR count). The van der Waals surface area contributed by atoms with Crippen molar-refractivity contribution in [3.05, 3.63) is 29.3 Å². The Balaban J connectivity index is 2.16. The molecule has 1 amide bonds. The molecule has 0 unspecified atom stereocenters. The van der Waals surface area contributed by atoms with Crippen molar-refractivity contribution in [2.75, 3.05) is 12.3 Å². The van der Waals surface area contributed by atoms with E-state index in [0.717, 1.165) is 49.0 Å². The molecule has 3 heteroatoms. The third-order valence-corrected chi connectivity index (χ3v) is 3.48. The number of amides is 1. The van der Waals surface area contributed by atoms with Gasteiger partial charge in [-0.1, -0.05) is 13.3 Å². The van der Waals surface area contributed by atoms with E-state index in [1.807, 2.05) is 30.0 Å². The molecule has 0 spiro atoms. The van der Waals surface area contributed by atoms with Crippen LogP contribution in [-0.2, 0) is 0 Å². The lowest BCUT2D eigenvalue weighted by atomic mass is 10.1. The third-order valence-electron chi connectivity index (χ3n) is 3.48. The highest BCUT2D eigenvalue weighted by Crippen LogP contribution is 2.29. The number of unbranched alkanes of at least 4 members (excludes halogenated alkanes) is 1. The third kappa shape index (κ3) is 2.84. The lowest BCUT2D eigenvalue weighted by Crippen LogP contribution is -2.34. The van der Waals surface area contributed by atoms with Crippen molar-refractivity contribution in [2.45, 2.75) is 45.6 Å². The molecule has 0 heterocycles. The Labute approximate surface area is 109 Å². The van der Waals surface area contributed by atoms with E-state index in [1.54, 1.807) is 0 Å². The molecule has 0 bridgehead atoms. The molecule has 0 atom stereocenters. The molecule has 0 radical (unpaired) electrons. The summed E-state index contributed by atoms with van der Waals surface area (Å²) in [6.07, 6.45) is 4.51. The van der Waals surface area contributed by atoms with E-state index in [2.05, 4.69) is 6.92 Å². The van der Waals surface area contributed by atoms with E-state index in [4.69, 9.17) is 5.73 Å². The number of nitrogens with two attached hydrogens (primary N) is 1. The molecule has 1 fully saturated rings. The number of hydrogen-bond donors (Lipinski definition) is 1. The van der Waals surface area contributed by atoms with Gasteiger partial charge in [0.15, 0.2) is 0 Å². The Morgan fingerprint density at radius 2 is 2.17 bits per heavy atom. The Morgan fingerprint density at radius 1 is 1.44 bits per heavy atom. The molecule has 0 saturated heterocycles. The van der Waals surface area contributed by atoms with Gasteiger partial charge in [0.25, 0.3) is 5.91 Å². The molecule has 98 valence electrons. The number of rotatable bonds is 5. The highest BCUT2D eigenvalue weighted by Gasteiger charge is 2.32. The Morgan fingerprint density at radius 3 is 2.72 bits per heavy atom. The average Bonchev–Trinajstić information content (AvgIpc) is 3.13. The van der Waals surface area contributed by atoms with Gasteiger partial charge in [-0.25, -0.2) is 0 Å². The first kappa shape index (κ1) is 12.9. The van der Waals surface area contributed by atoms with Gasteiger partial charge in [0.2, 0.25) is 0 Å². The van der Waals surface area contributed by atoms with Gasteiger partial charge in [-0.2, -0.15) is 0 Å². The molecule has 1 aromatic carbocycles. The average molecular weight is 246 g/mol. The van der Waals surface area contributed by atoms with E-state index in [1.165, 1.54) is 0 Å². The highest BCUT2D eigenvalue weighted by molar-refractivity contribution is 5.96. The van der Waals surface area contributed by atoms with Gasteiger partial charge in [-0.15, -0.1) is 0 Å². The van der Waals surface area contributed by atoms with Gasteiger partial charge < -0.3 is 10.6 Å². The number of carbonyl (C=O) groups is 1.